The SMILES string of the molecule is CN(CCc1ccccc1)CCC1(C)CCN(c2ccccc2)CC1. The summed E-state index contributed by atoms with van der Waals surface area (Å²) in [6, 6.07) is 21.7. The van der Waals surface area contributed by atoms with Crippen molar-refractivity contribution in [2.75, 3.05) is 38.1 Å². The predicted octanol–water partition coefficient (Wildman–Crippen LogP) is 4.86. The van der Waals surface area contributed by atoms with Gasteiger partial charge < -0.3 is 9.80 Å². The number of hydrogen-bond donors (Lipinski definition) is 0. The van der Waals surface area contributed by atoms with Gasteiger partial charge in [0.25, 0.3) is 0 Å². The Morgan fingerprint density at radius 2 is 1.48 bits per heavy atom. The van der Waals surface area contributed by atoms with Gasteiger partial charge in [0.05, 0.1) is 0 Å². The Kier molecular flexibility index (Phi) is 6.14. The highest BCUT2D eigenvalue weighted by molar-refractivity contribution is 5.46. The molecule has 0 radical (unpaired) electrons. The molecule has 0 atom stereocenters. The molecule has 0 amide bonds. The zero-order chi connectivity index (χ0) is 17.5. The topological polar surface area (TPSA) is 6.48 Å². The lowest BCUT2D eigenvalue weighted by molar-refractivity contribution is 0.190. The van der Waals surface area contributed by atoms with Crippen LogP contribution < -0.4 is 4.90 Å². The molecule has 2 aromatic carbocycles. The van der Waals surface area contributed by atoms with E-state index < -0.39 is 0 Å². The minimum absolute atomic E-state index is 0.492. The molecule has 1 fully saturated rings. The minimum Gasteiger partial charge on any atom is -0.371 e. The van der Waals surface area contributed by atoms with Crippen LogP contribution in [-0.4, -0.2) is 38.1 Å². The average molecular weight is 337 g/mol. The van der Waals surface area contributed by atoms with E-state index in [0.717, 1.165) is 13.0 Å². The lowest BCUT2D eigenvalue weighted by atomic mass is 9.77. The first-order valence-corrected chi connectivity index (χ1v) is 9.67. The number of likely N-dealkylation sites (N-methyl/N-ethyl adjacent to an activating group) is 1. The third-order valence-electron chi connectivity index (χ3n) is 5.81. The van der Waals surface area contributed by atoms with Gasteiger partial charge in [0.1, 0.15) is 0 Å². The van der Waals surface area contributed by atoms with E-state index in [4.69, 9.17) is 0 Å². The molecule has 0 unspecified atom stereocenters. The van der Waals surface area contributed by atoms with Crippen LogP contribution in [-0.2, 0) is 6.42 Å². The lowest BCUT2D eigenvalue weighted by Crippen LogP contribution is -2.40. The van der Waals surface area contributed by atoms with Crippen LogP contribution in [0.1, 0.15) is 31.7 Å². The molecule has 1 heterocycles. The molecule has 25 heavy (non-hydrogen) atoms. The van der Waals surface area contributed by atoms with Gasteiger partial charge in [0.15, 0.2) is 0 Å². The Balaban J connectivity index is 1.41. The summed E-state index contributed by atoms with van der Waals surface area (Å²) in [5.41, 5.74) is 3.31. The molecule has 0 bridgehead atoms. The molecule has 1 saturated heterocycles. The molecule has 1 aliphatic rings. The molecule has 2 heteroatoms. The summed E-state index contributed by atoms with van der Waals surface area (Å²) in [5, 5.41) is 0. The zero-order valence-corrected chi connectivity index (χ0v) is 15.8. The standard InChI is InChI=1S/C23H32N2/c1-23(14-18-24(2)17-13-21-9-5-3-6-10-21)15-19-25(20-16-23)22-11-7-4-8-12-22/h3-12H,13-20H2,1-2H3. The van der Waals surface area contributed by atoms with Crippen LogP contribution in [0.4, 0.5) is 5.69 Å². The van der Waals surface area contributed by atoms with Gasteiger partial charge in [-0.25, -0.2) is 0 Å². The van der Waals surface area contributed by atoms with E-state index in [2.05, 4.69) is 84.4 Å². The second kappa shape index (κ2) is 8.53. The molecule has 0 saturated carbocycles. The van der Waals surface area contributed by atoms with Crippen molar-refractivity contribution in [2.45, 2.75) is 32.6 Å². The molecule has 1 aliphatic heterocycles. The first kappa shape index (κ1) is 18.0. The van der Waals surface area contributed by atoms with E-state index in [9.17, 15) is 0 Å². The Morgan fingerprint density at radius 3 is 2.12 bits per heavy atom. The third-order valence-corrected chi connectivity index (χ3v) is 5.81. The van der Waals surface area contributed by atoms with Crippen molar-refractivity contribution >= 4 is 5.69 Å². The van der Waals surface area contributed by atoms with Gasteiger partial charge in [-0.05, 0) is 62.4 Å². The molecular weight excluding hydrogens is 304 g/mol. The number of rotatable bonds is 7. The maximum absolute atomic E-state index is 2.54. The van der Waals surface area contributed by atoms with Crippen LogP contribution in [0.25, 0.3) is 0 Å². The fraction of sp³-hybridized carbons (Fsp3) is 0.478. The molecule has 2 aromatic rings. The highest BCUT2D eigenvalue weighted by Crippen LogP contribution is 2.36. The number of nitrogens with zero attached hydrogens (tertiary/aromatic N) is 2. The van der Waals surface area contributed by atoms with Crippen molar-refractivity contribution in [3.63, 3.8) is 0 Å². The molecular formula is C23H32N2. The number of piperidine rings is 1. The molecule has 0 spiro atoms. The second-order valence-electron chi connectivity index (χ2n) is 7.92. The molecule has 3 rings (SSSR count). The quantitative estimate of drug-likeness (QED) is 0.712. The van der Waals surface area contributed by atoms with Crippen molar-refractivity contribution in [1.29, 1.82) is 0 Å². The van der Waals surface area contributed by atoms with Gasteiger partial charge in [0, 0.05) is 25.3 Å². The Hall–Kier alpha value is -1.80. The second-order valence-corrected chi connectivity index (χ2v) is 7.92. The van der Waals surface area contributed by atoms with E-state index in [1.165, 1.54) is 50.1 Å². The van der Waals surface area contributed by atoms with Gasteiger partial charge in [-0.1, -0.05) is 55.5 Å². The number of hydrogen-bond acceptors (Lipinski definition) is 2. The number of benzene rings is 2. The van der Waals surface area contributed by atoms with E-state index in [1.54, 1.807) is 0 Å². The molecule has 2 nitrogen and oxygen atoms in total. The predicted molar refractivity (Wildman–Crippen MR) is 108 cm³/mol. The highest BCUT2D eigenvalue weighted by atomic mass is 15.1. The van der Waals surface area contributed by atoms with Crippen molar-refractivity contribution in [1.82, 2.24) is 4.90 Å². The van der Waals surface area contributed by atoms with E-state index in [-0.39, 0.29) is 0 Å². The normalized spacial score (nSPS) is 17.0. The van der Waals surface area contributed by atoms with Crippen LogP contribution in [0.2, 0.25) is 0 Å². The van der Waals surface area contributed by atoms with Gasteiger partial charge in [0.2, 0.25) is 0 Å². The third kappa shape index (κ3) is 5.34. The van der Waals surface area contributed by atoms with Crippen molar-refractivity contribution in [2.24, 2.45) is 5.41 Å². The van der Waals surface area contributed by atoms with E-state index in [0.29, 0.717) is 5.41 Å². The summed E-state index contributed by atoms with van der Waals surface area (Å²) in [5.74, 6) is 0. The summed E-state index contributed by atoms with van der Waals surface area (Å²) >= 11 is 0. The largest absolute Gasteiger partial charge is 0.371 e. The average Bonchev–Trinajstić information content (AvgIpc) is 2.67. The van der Waals surface area contributed by atoms with Crippen LogP contribution in [0.15, 0.2) is 60.7 Å². The highest BCUT2D eigenvalue weighted by Gasteiger charge is 2.30. The lowest BCUT2D eigenvalue weighted by Gasteiger charge is -2.41. The maximum atomic E-state index is 2.54. The summed E-state index contributed by atoms with van der Waals surface area (Å²) in [4.78, 5) is 5.04. The van der Waals surface area contributed by atoms with Gasteiger partial charge in [-0.3, -0.25) is 0 Å². The van der Waals surface area contributed by atoms with E-state index in [1.807, 2.05) is 0 Å². The van der Waals surface area contributed by atoms with Crippen LogP contribution in [0.3, 0.4) is 0 Å². The zero-order valence-electron chi connectivity index (χ0n) is 15.8. The molecule has 0 N–H and O–H groups in total. The van der Waals surface area contributed by atoms with Gasteiger partial charge in [-0.15, -0.1) is 0 Å². The fourth-order valence-corrected chi connectivity index (χ4v) is 3.73. The van der Waals surface area contributed by atoms with Gasteiger partial charge in [-0.2, -0.15) is 0 Å². The Morgan fingerprint density at radius 1 is 0.880 bits per heavy atom. The maximum Gasteiger partial charge on any atom is 0.0366 e. The first-order chi connectivity index (χ1) is 12.1. The smallest absolute Gasteiger partial charge is 0.0366 e. The van der Waals surface area contributed by atoms with Crippen LogP contribution in [0.5, 0.6) is 0 Å². The summed E-state index contributed by atoms with van der Waals surface area (Å²) in [7, 11) is 2.27. The van der Waals surface area contributed by atoms with Crippen LogP contribution >= 0.6 is 0 Å². The van der Waals surface area contributed by atoms with Crippen LogP contribution in [0, 0.1) is 5.41 Å². The molecule has 134 valence electrons. The Labute approximate surface area is 153 Å². The van der Waals surface area contributed by atoms with E-state index >= 15 is 0 Å². The Bertz CT molecular complexity index is 615. The van der Waals surface area contributed by atoms with Crippen molar-refractivity contribution in [3.8, 4) is 0 Å². The van der Waals surface area contributed by atoms with Crippen molar-refractivity contribution in [3.05, 3.63) is 66.2 Å². The fourth-order valence-electron chi connectivity index (χ4n) is 3.73. The van der Waals surface area contributed by atoms with Gasteiger partial charge >= 0.3 is 0 Å². The molecule has 0 aromatic heterocycles. The summed E-state index contributed by atoms with van der Waals surface area (Å²) < 4.78 is 0. The van der Waals surface area contributed by atoms with Crippen molar-refractivity contribution < 1.29 is 0 Å². The number of para-hydroxylation sites is 1. The summed E-state index contributed by atoms with van der Waals surface area (Å²) in [6.07, 6.45) is 5.06. The monoisotopic (exact) mass is 336 g/mol. The minimum atomic E-state index is 0.492. The molecule has 0 aliphatic carbocycles. The first-order valence-electron chi connectivity index (χ1n) is 9.67. The number of anilines is 1. The summed E-state index contributed by atoms with van der Waals surface area (Å²) in [6.45, 7) is 7.22.